The summed E-state index contributed by atoms with van der Waals surface area (Å²) in [6, 6.07) is 6.72. The van der Waals surface area contributed by atoms with Gasteiger partial charge in [0.2, 0.25) is 0 Å². The maximum Gasteiger partial charge on any atom is 0.279 e. The van der Waals surface area contributed by atoms with Crippen LogP contribution >= 0.6 is 23.6 Å². The number of halogens is 1. The van der Waals surface area contributed by atoms with E-state index in [4.69, 9.17) is 12.2 Å². The smallest absolute Gasteiger partial charge is 0.279 e. The normalized spacial score (nSPS) is 16.0. The monoisotopic (exact) mass is 377 g/mol. The molecule has 3 rings (SSSR count). The second kappa shape index (κ2) is 7.49. The number of thiocarbonyl (C=S) groups is 1. The number of thiophene rings is 1. The van der Waals surface area contributed by atoms with Crippen LogP contribution in [-0.4, -0.2) is 11.0 Å². The number of hydrogen-bond acceptors (Lipinski definition) is 3. The molecule has 3 N–H and O–H groups in total. The van der Waals surface area contributed by atoms with Gasteiger partial charge in [-0.3, -0.25) is 15.6 Å². The summed E-state index contributed by atoms with van der Waals surface area (Å²) < 4.78 is 13.5. The van der Waals surface area contributed by atoms with E-state index in [2.05, 4.69) is 23.1 Å². The van der Waals surface area contributed by atoms with Crippen molar-refractivity contribution in [1.82, 2.24) is 10.9 Å². The molecule has 0 spiro atoms. The Balaban J connectivity index is 1.55. The van der Waals surface area contributed by atoms with Crippen LogP contribution in [0.2, 0.25) is 0 Å². The molecule has 1 atom stereocenters. The van der Waals surface area contributed by atoms with Gasteiger partial charge in [0.05, 0.1) is 4.88 Å². The molecular weight excluding hydrogens is 357 g/mol. The third-order valence-electron chi connectivity index (χ3n) is 4.27. The van der Waals surface area contributed by atoms with E-state index in [0.717, 1.165) is 12.8 Å². The van der Waals surface area contributed by atoms with Gasteiger partial charge in [-0.15, -0.1) is 11.3 Å². The largest absolute Gasteiger partial charge is 0.331 e. The van der Waals surface area contributed by atoms with Crippen molar-refractivity contribution in [3.05, 3.63) is 51.0 Å². The lowest BCUT2D eigenvalue weighted by Crippen LogP contribution is -2.43. The van der Waals surface area contributed by atoms with E-state index < -0.39 is 0 Å². The summed E-state index contributed by atoms with van der Waals surface area (Å²) in [6.45, 7) is 3.93. The molecule has 1 aliphatic rings. The summed E-state index contributed by atoms with van der Waals surface area (Å²) in [4.78, 5) is 14.3. The predicted octanol–water partition coefficient (Wildman–Crippen LogP) is 3.95. The summed E-state index contributed by atoms with van der Waals surface area (Å²) in [5.41, 5.74) is 7.62. The fraction of sp³-hybridized carbons (Fsp3) is 0.333. The van der Waals surface area contributed by atoms with Crippen LogP contribution in [0.1, 0.15) is 39.0 Å². The van der Waals surface area contributed by atoms with Crippen LogP contribution < -0.4 is 16.2 Å². The lowest BCUT2D eigenvalue weighted by atomic mass is 9.90. The van der Waals surface area contributed by atoms with Crippen LogP contribution in [-0.2, 0) is 12.8 Å². The molecule has 25 heavy (non-hydrogen) atoms. The highest BCUT2D eigenvalue weighted by Gasteiger charge is 2.20. The van der Waals surface area contributed by atoms with Gasteiger partial charge < -0.3 is 5.32 Å². The number of hydrazine groups is 1. The first kappa shape index (κ1) is 17.8. The first-order valence-electron chi connectivity index (χ1n) is 8.17. The number of rotatable bonds is 2. The Labute approximate surface area is 155 Å². The number of anilines is 1. The van der Waals surface area contributed by atoms with Crippen molar-refractivity contribution in [3.63, 3.8) is 0 Å². The predicted molar refractivity (Wildman–Crippen MR) is 103 cm³/mol. The summed E-state index contributed by atoms with van der Waals surface area (Å²) >= 11 is 6.67. The van der Waals surface area contributed by atoms with Crippen LogP contribution in [0.25, 0.3) is 0 Å². The van der Waals surface area contributed by atoms with Gasteiger partial charge in [0, 0.05) is 10.6 Å². The third kappa shape index (κ3) is 4.35. The van der Waals surface area contributed by atoms with E-state index in [1.54, 1.807) is 19.1 Å². The Hall–Kier alpha value is -1.99. The summed E-state index contributed by atoms with van der Waals surface area (Å²) in [5, 5.41) is 3.04. The Bertz CT molecular complexity index is 819. The molecule has 0 saturated carbocycles. The molecule has 0 bridgehead atoms. The van der Waals surface area contributed by atoms with Crippen LogP contribution in [0.4, 0.5) is 10.1 Å². The topological polar surface area (TPSA) is 53.2 Å². The van der Waals surface area contributed by atoms with Crippen molar-refractivity contribution in [1.29, 1.82) is 0 Å². The number of benzene rings is 1. The highest BCUT2D eigenvalue weighted by Crippen LogP contribution is 2.32. The molecule has 132 valence electrons. The molecule has 0 unspecified atom stereocenters. The van der Waals surface area contributed by atoms with Crippen molar-refractivity contribution < 1.29 is 9.18 Å². The maximum absolute atomic E-state index is 13.5. The van der Waals surface area contributed by atoms with Crippen molar-refractivity contribution in [2.45, 2.75) is 33.1 Å². The summed E-state index contributed by atoms with van der Waals surface area (Å²) in [6.07, 6.45) is 3.25. The molecule has 1 aromatic heterocycles. The van der Waals surface area contributed by atoms with Crippen LogP contribution in [0.3, 0.4) is 0 Å². The zero-order valence-corrected chi connectivity index (χ0v) is 15.7. The lowest BCUT2D eigenvalue weighted by Gasteiger charge is -2.16. The minimum absolute atomic E-state index is 0.201. The molecular formula is C18H20FN3OS2. The second-order valence-electron chi connectivity index (χ2n) is 6.40. The summed E-state index contributed by atoms with van der Waals surface area (Å²) in [7, 11) is 0. The molecule has 0 saturated heterocycles. The standard InChI is InChI=1S/C18H20FN3OS2/c1-10-3-6-15-12(7-10)8-16(25-15)17(23)21-22-18(24)20-13-5-4-11(2)14(19)9-13/h4-5,8-10H,3,6-7H2,1-2H3,(H,21,23)(H2,20,22,24)/t10-/m1/s1. The van der Waals surface area contributed by atoms with E-state index in [9.17, 15) is 9.18 Å². The van der Waals surface area contributed by atoms with Gasteiger partial charge in [-0.1, -0.05) is 13.0 Å². The lowest BCUT2D eigenvalue weighted by molar-refractivity contribution is 0.0948. The number of carbonyl (C=O) groups is 1. The van der Waals surface area contributed by atoms with Gasteiger partial charge in [-0.05, 0) is 73.6 Å². The SMILES string of the molecule is Cc1ccc(NC(=S)NNC(=O)c2cc3c(s2)CC[C@@H](C)C3)cc1F. The third-order valence-corrected chi connectivity index (χ3v) is 5.71. The average Bonchev–Trinajstić information content (AvgIpc) is 2.99. The Morgan fingerprint density at radius 3 is 2.88 bits per heavy atom. The van der Waals surface area contributed by atoms with Crippen molar-refractivity contribution in [2.75, 3.05) is 5.32 Å². The maximum atomic E-state index is 13.5. The van der Waals surface area contributed by atoms with Crippen molar-refractivity contribution >= 4 is 40.3 Å². The fourth-order valence-corrected chi connectivity index (χ4v) is 4.10. The van der Waals surface area contributed by atoms with E-state index >= 15 is 0 Å². The number of nitrogens with one attached hydrogen (secondary N) is 3. The first-order valence-corrected chi connectivity index (χ1v) is 9.40. The Morgan fingerprint density at radius 2 is 2.12 bits per heavy atom. The van der Waals surface area contributed by atoms with Gasteiger partial charge in [0.15, 0.2) is 5.11 Å². The Kier molecular flexibility index (Phi) is 5.34. The highest BCUT2D eigenvalue weighted by molar-refractivity contribution is 7.80. The van der Waals surface area contributed by atoms with Gasteiger partial charge in [-0.25, -0.2) is 4.39 Å². The summed E-state index contributed by atoms with van der Waals surface area (Å²) in [5.74, 6) is 0.143. The van der Waals surface area contributed by atoms with Crippen LogP contribution in [0.5, 0.6) is 0 Å². The van der Waals surface area contributed by atoms with Crippen LogP contribution in [0, 0.1) is 18.7 Å². The van der Waals surface area contributed by atoms with Gasteiger partial charge in [-0.2, -0.15) is 0 Å². The van der Waals surface area contributed by atoms with Gasteiger partial charge in [0.25, 0.3) is 5.91 Å². The fourth-order valence-electron chi connectivity index (χ4n) is 2.83. The zero-order chi connectivity index (χ0) is 18.0. The molecule has 0 radical (unpaired) electrons. The number of hydrogen-bond donors (Lipinski definition) is 3. The van der Waals surface area contributed by atoms with Crippen molar-refractivity contribution in [3.8, 4) is 0 Å². The first-order chi connectivity index (χ1) is 11.9. The molecule has 1 amide bonds. The molecule has 1 aliphatic carbocycles. The molecule has 4 nitrogen and oxygen atoms in total. The van der Waals surface area contributed by atoms with Gasteiger partial charge >= 0.3 is 0 Å². The Morgan fingerprint density at radius 1 is 1.32 bits per heavy atom. The van der Waals surface area contributed by atoms with Crippen molar-refractivity contribution in [2.24, 2.45) is 5.92 Å². The molecule has 2 aromatic rings. The number of carbonyl (C=O) groups excluding carboxylic acids is 1. The van der Waals surface area contributed by atoms with E-state index in [1.807, 2.05) is 6.07 Å². The molecule has 1 heterocycles. The molecule has 0 fully saturated rings. The number of fused-ring (bicyclic) bond motifs is 1. The average molecular weight is 378 g/mol. The second-order valence-corrected chi connectivity index (χ2v) is 7.95. The molecule has 7 heteroatoms. The molecule has 0 aliphatic heterocycles. The van der Waals surface area contributed by atoms with Gasteiger partial charge in [0.1, 0.15) is 5.82 Å². The minimum atomic E-state index is -0.310. The number of amides is 1. The zero-order valence-electron chi connectivity index (χ0n) is 14.1. The minimum Gasteiger partial charge on any atom is -0.331 e. The van der Waals surface area contributed by atoms with E-state index in [-0.39, 0.29) is 16.8 Å². The quantitative estimate of drug-likeness (QED) is 0.548. The van der Waals surface area contributed by atoms with E-state index in [0.29, 0.717) is 22.0 Å². The molecule has 1 aromatic carbocycles. The van der Waals surface area contributed by atoms with Crippen LogP contribution in [0.15, 0.2) is 24.3 Å². The number of aryl methyl sites for hydroxylation is 2. The highest BCUT2D eigenvalue weighted by atomic mass is 32.1. The van der Waals surface area contributed by atoms with E-state index in [1.165, 1.54) is 34.3 Å².